The van der Waals surface area contributed by atoms with E-state index in [1.165, 1.54) is 0 Å². The number of benzene rings is 1. The van der Waals surface area contributed by atoms with Gasteiger partial charge in [-0.05, 0) is 63.6 Å². The average Bonchev–Trinajstić information content (AvgIpc) is 2.63. The number of hydrogen-bond acceptors (Lipinski definition) is 4. The molecule has 0 aliphatic heterocycles. The van der Waals surface area contributed by atoms with E-state index in [4.69, 9.17) is 10.5 Å². The molecule has 1 aromatic heterocycles. The number of ether oxygens (including phenoxy) is 1. The number of halogens is 1. The van der Waals surface area contributed by atoms with Crippen LogP contribution < -0.4 is 20.7 Å². The summed E-state index contributed by atoms with van der Waals surface area (Å²) < 4.78 is 5.62. The third kappa shape index (κ3) is 7.62. The first-order valence-corrected chi connectivity index (χ1v) is 9.05. The molecule has 0 fully saturated rings. The van der Waals surface area contributed by atoms with Gasteiger partial charge in [-0.2, -0.15) is 0 Å². The zero-order chi connectivity index (χ0) is 18.9. The van der Waals surface area contributed by atoms with Crippen molar-refractivity contribution < 1.29 is 4.74 Å². The van der Waals surface area contributed by atoms with Gasteiger partial charge in [0.2, 0.25) is 0 Å². The molecular formula is C20H30IN5O. The van der Waals surface area contributed by atoms with Gasteiger partial charge in [-0.15, -0.1) is 24.0 Å². The van der Waals surface area contributed by atoms with E-state index in [0.29, 0.717) is 12.5 Å². The van der Waals surface area contributed by atoms with Crippen molar-refractivity contribution in [2.45, 2.75) is 40.3 Å². The molecule has 3 N–H and O–H groups in total. The van der Waals surface area contributed by atoms with E-state index in [0.717, 1.165) is 35.9 Å². The normalized spacial score (nSPS) is 11.1. The lowest BCUT2D eigenvalue weighted by Gasteiger charge is -2.19. The molecule has 0 saturated carbocycles. The van der Waals surface area contributed by atoms with Gasteiger partial charge in [-0.1, -0.05) is 6.07 Å². The predicted octanol–water partition coefficient (Wildman–Crippen LogP) is 4.26. The number of nitrogens with one attached hydrogen (secondary N) is 1. The number of pyridine rings is 1. The Kier molecular flexibility index (Phi) is 9.92. The van der Waals surface area contributed by atoms with Crippen LogP contribution >= 0.6 is 24.0 Å². The minimum atomic E-state index is 0. The molecular weight excluding hydrogens is 453 g/mol. The second kappa shape index (κ2) is 11.6. The highest BCUT2D eigenvalue weighted by molar-refractivity contribution is 14.0. The Labute approximate surface area is 179 Å². The van der Waals surface area contributed by atoms with Crippen LogP contribution in [0.4, 0.5) is 11.5 Å². The molecule has 0 bridgehead atoms. The van der Waals surface area contributed by atoms with Gasteiger partial charge < -0.3 is 20.7 Å². The molecule has 2 aromatic rings. The van der Waals surface area contributed by atoms with Gasteiger partial charge in [0.25, 0.3) is 0 Å². The summed E-state index contributed by atoms with van der Waals surface area (Å²) in [7, 11) is 0. The standard InChI is InChI=1S/C20H29N5O.HI/c1-5-25(6-2)19-12-7-16(13-22-19)14-23-20(21)24-17-8-10-18(11-9-17)26-15(3)4;/h7-13,15H,5-6,14H2,1-4H3,(H3,21,23,24);1H. The second-order valence-corrected chi connectivity index (χ2v) is 6.21. The van der Waals surface area contributed by atoms with Gasteiger partial charge in [0.15, 0.2) is 5.96 Å². The highest BCUT2D eigenvalue weighted by Gasteiger charge is 2.03. The lowest BCUT2D eigenvalue weighted by Crippen LogP contribution is -2.23. The summed E-state index contributed by atoms with van der Waals surface area (Å²) in [6, 6.07) is 11.7. The van der Waals surface area contributed by atoms with Crippen molar-refractivity contribution in [3.63, 3.8) is 0 Å². The molecule has 0 aliphatic carbocycles. The van der Waals surface area contributed by atoms with Crippen molar-refractivity contribution in [2.24, 2.45) is 10.7 Å². The van der Waals surface area contributed by atoms with Crippen molar-refractivity contribution in [1.29, 1.82) is 0 Å². The average molecular weight is 483 g/mol. The van der Waals surface area contributed by atoms with Crippen LogP contribution in [0.3, 0.4) is 0 Å². The number of guanidine groups is 1. The van der Waals surface area contributed by atoms with E-state index >= 15 is 0 Å². The van der Waals surface area contributed by atoms with Crippen LogP contribution in [0.1, 0.15) is 33.3 Å². The Balaban J connectivity index is 0.00000364. The minimum Gasteiger partial charge on any atom is -0.491 e. The van der Waals surface area contributed by atoms with Crippen LogP contribution in [0.2, 0.25) is 0 Å². The molecule has 0 aliphatic rings. The molecule has 148 valence electrons. The third-order valence-electron chi connectivity index (χ3n) is 3.83. The van der Waals surface area contributed by atoms with Gasteiger partial charge in [0, 0.05) is 25.0 Å². The van der Waals surface area contributed by atoms with E-state index in [-0.39, 0.29) is 30.1 Å². The first kappa shape index (κ1) is 23.0. The monoisotopic (exact) mass is 483 g/mol. The quantitative estimate of drug-likeness (QED) is 0.334. The first-order chi connectivity index (χ1) is 12.5. The minimum absolute atomic E-state index is 0. The Morgan fingerprint density at radius 2 is 1.81 bits per heavy atom. The van der Waals surface area contributed by atoms with Crippen molar-refractivity contribution >= 4 is 41.4 Å². The van der Waals surface area contributed by atoms with Crippen LogP contribution in [0, 0.1) is 0 Å². The highest BCUT2D eigenvalue weighted by Crippen LogP contribution is 2.17. The molecule has 0 unspecified atom stereocenters. The summed E-state index contributed by atoms with van der Waals surface area (Å²) in [4.78, 5) is 11.1. The SMILES string of the molecule is CCN(CC)c1ccc(CN=C(N)Nc2ccc(OC(C)C)cc2)cn1.I. The number of nitrogens with zero attached hydrogens (tertiary/aromatic N) is 3. The molecule has 0 atom stereocenters. The van der Waals surface area contributed by atoms with Crippen LogP contribution in [0.15, 0.2) is 47.6 Å². The van der Waals surface area contributed by atoms with E-state index < -0.39 is 0 Å². The molecule has 0 saturated heterocycles. The molecule has 2 rings (SSSR count). The summed E-state index contributed by atoms with van der Waals surface area (Å²) in [6.45, 7) is 10.6. The molecule has 0 amide bonds. The maximum Gasteiger partial charge on any atom is 0.193 e. The van der Waals surface area contributed by atoms with Gasteiger partial charge in [-0.3, -0.25) is 0 Å². The number of aliphatic imine (C=N–C) groups is 1. The zero-order valence-corrected chi connectivity index (χ0v) is 18.8. The molecule has 1 heterocycles. The summed E-state index contributed by atoms with van der Waals surface area (Å²) in [6.07, 6.45) is 2.00. The number of hydrogen-bond donors (Lipinski definition) is 2. The smallest absolute Gasteiger partial charge is 0.193 e. The molecule has 7 heteroatoms. The fourth-order valence-corrected chi connectivity index (χ4v) is 2.50. The van der Waals surface area contributed by atoms with Gasteiger partial charge >= 0.3 is 0 Å². The largest absolute Gasteiger partial charge is 0.491 e. The predicted molar refractivity (Wildman–Crippen MR) is 124 cm³/mol. The Bertz CT molecular complexity index is 697. The van der Waals surface area contributed by atoms with Crippen LogP contribution in [-0.4, -0.2) is 30.1 Å². The molecule has 0 spiro atoms. The number of rotatable bonds is 8. The maximum absolute atomic E-state index is 5.97. The van der Waals surface area contributed by atoms with Gasteiger partial charge in [0.05, 0.1) is 12.6 Å². The summed E-state index contributed by atoms with van der Waals surface area (Å²) >= 11 is 0. The number of aromatic nitrogens is 1. The van der Waals surface area contributed by atoms with Gasteiger partial charge in [0.1, 0.15) is 11.6 Å². The topological polar surface area (TPSA) is 75.8 Å². The van der Waals surface area contributed by atoms with Crippen LogP contribution in [0.5, 0.6) is 5.75 Å². The highest BCUT2D eigenvalue weighted by atomic mass is 127. The molecule has 27 heavy (non-hydrogen) atoms. The fraction of sp³-hybridized carbons (Fsp3) is 0.400. The first-order valence-electron chi connectivity index (χ1n) is 9.05. The summed E-state index contributed by atoms with van der Waals surface area (Å²) in [5.74, 6) is 2.19. The number of nitrogens with two attached hydrogens (primary N) is 1. The zero-order valence-electron chi connectivity index (χ0n) is 16.5. The maximum atomic E-state index is 5.97. The van der Waals surface area contributed by atoms with Crippen molar-refractivity contribution in [3.8, 4) is 5.75 Å². The number of anilines is 2. The van der Waals surface area contributed by atoms with E-state index in [9.17, 15) is 0 Å². The van der Waals surface area contributed by atoms with Gasteiger partial charge in [-0.25, -0.2) is 9.98 Å². The molecule has 1 aromatic carbocycles. The van der Waals surface area contributed by atoms with Crippen molar-refractivity contribution in [1.82, 2.24) is 4.98 Å². The second-order valence-electron chi connectivity index (χ2n) is 6.21. The van der Waals surface area contributed by atoms with Crippen molar-refractivity contribution in [3.05, 3.63) is 48.2 Å². The van der Waals surface area contributed by atoms with E-state index in [2.05, 4.69) is 34.0 Å². The lowest BCUT2D eigenvalue weighted by atomic mass is 10.3. The van der Waals surface area contributed by atoms with E-state index in [1.54, 1.807) is 0 Å². The Morgan fingerprint density at radius 1 is 1.15 bits per heavy atom. The fourth-order valence-electron chi connectivity index (χ4n) is 2.50. The Morgan fingerprint density at radius 3 is 2.33 bits per heavy atom. The lowest BCUT2D eigenvalue weighted by molar-refractivity contribution is 0.242. The Hall–Kier alpha value is -2.03. The molecule has 0 radical (unpaired) electrons. The third-order valence-corrected chi connectivity index (χ3v) is 3.83. The van der Waals surface area contributed by atoms with Crippen LogP contribution in [0.25, 0.3) is 0 Å². The van der Waals surface area contributed by atoms with Crippen LogP contribution in [-0.2, 0) is 6.54 Å². The summed E-state index contributed by atoms with van der Waals surface area (Å²) in [5, 5.41) is 3.08. The molecule has 6 nitrogen and oxygen atoms in total. The van der Waals surface area contributed by atoms with Crippen molar-refractivity contribution in [2.75, 3.05) is 23.3 Å². The summed E-state index contributed by atoms with van der Waals surface area (Å²) in [5.41, 5.74) is 7.86. The van der Waals surface area contributed by atoms with E-state index in [1.807, 2.05) is 56.4 Å².